The van der Waals surface area contributed by atoms with Gasteiger partial charge in [-0.1, -0.05) is 23.7 Å². The Morgan fingerprint density at radius 2 is 2.07 bits per heavy atom. The van der Waals surface area contributed by atoms with Crippen LogP contribution in [0.1, 0.15) is 29.4 Å². The lowest BCUT2D eigenvalue weighted by molar-refractivity contribution is -0.117. The Bertz CT molecular complexity index is 987. The van der Waals surface area contributed by atoms with Crippen LogP contribution < -0.4 is 5.32 Å². The van der Waals surface area contributed by atoms with E-state index in [1.54, 1.807) is 12.1 Å². The predicted octanol–water partition coefficient (Wildman–Crippen LogP) is 2.58. The first kappa shape index (κ1) is 20.8. The quantitative estimate of drug-likeness (QED) is 0.770. The second-order valence-electron chi connectivity index (χ2n) is 7.35. The van der Waals surface area contributed by atoms with Crippen LogP contribution in [0.25, 0.3) is 0 Å². The van der Waals surface area contributed by atoms with Gasteiger partial charge in [-0.3, -0.25) is 14.4 Å². The fraction of sp³-hybridized carbons (Fsp3) is 0.474. The molecule has 7 nitrogen and oxygen atoms in total. The molecule has 0 unspecified atom stereocenters. The summed E-state index contributed by atoms with van der Waals surface area (Å²) in [5, 5.41) is 7.89. The number of anilines is 1. The summed E-state index contributed by atoms with van der Waals surface area (Å²) in [6, 6.07) is 7.00. The molecule has 1 atom stereocenters. The molecule has 9 heteroatoms. The molecule has 0 bridgehead atoms. The molecule has 1 aliphatic rings. The van der Waals surface area contributed by atoms with E-state index in [9.17, 15) is 13.2 Å². The molecule has 0 aliphatic carbocycles. The Balaban J connectivity index is 1.65. The Hall–Kier alpha value is -1.90. The van der Waals surface area contributed by atoms with Gasteiger partial charge in [-0.05, 0) is 39.4 Å². The molecule has 2 heterocycles. The van der Waals surface area contributed by atoms with Crippen LogP contribution in [0.3, 0.4) is 0 Å². The van der Waals surface area contributed by atoms with E-state index in [-0.39, 0.29) is 30.0 Å². The summed E-state index contributed by atoms with van der Waals surface area (Å²) in [6.45, 7) is 4.62. The third kappa shape index (κ3) is 4.74. The highest BCUT2D eigenvalue weighted by atomic mass is 35.5. The van der Waals surface area contributed by atoms with Gasteiger partial charge in [0.05, 0.1) is 40.5 Å². The normalized spacial score (nSPS) is 18.5. The minimum atomic E-state index is -2.97. The summed E-state index contributed by atoms with van der Waals surface area (Å²) in [4.78, 5) is 14.2. The van der Waals surface area contributed by atoms with Crippen molar-refractivity contribution in [3.05, 3.63) is 46.2 Å². The third-order valence-corrected chi connectivity index (χ3v) is 7.10. The number of rotatable bonds is 6. The van der Waals surface area contributed by atoms with Crippen molar-refractivity contribution in [2.45, 2.75) is 32.9 Å². The minimum absolute atomic E-state index is 0.105. The first-order valence-corrected chi connectivity index (χ1v) is 11.3. The van der Waals surface area contributed by atoms with Crippen LogP contribution in [0, 0.1) is 13.8 Å². The number of carbonyl (C=O) groups is 1. The smallest absolute Gasteiger partial charge is 0.238 e. The summed E-state index contributed by atoms with van der Waals surface area (Å²) in [5.74, 6) is 0.206. The largest absolute Gasteiger partial charge is 0.324 e. The number of nitrogens with zero attached hydrogens (tertiary/aromatic N) is 3. The van der Waals surface area contributed by atoms with Crippen molar-refractivity contribution in [1.82, 2.24) is 14.7 Å². The van der Waals surface area contributed by atoms with E-state index in [0.717, 1.165) is 17.0 Å². The van der Waals surface area contributed by atoms with Crippen molar-refractivity contribution in [1.29, 1.82) is 0 Å². The minimum Gasteiger partial charge on any atom is -0.324 e. The number of aryl methyl sites for hydroxylation is 1. The maximum absolute atomic E-state index is 12.3. The number of hydrogen-bond acceptors (Lipinski definition) is 5. The maximum Gasteiger partial charge on any atom is 0.238 e. The molecule has 1 amide bonds. The monoisotopic (exact) mass is 424 g/mol. The molecule has 2 aromatic rings. The van der Waals surface area contributed by atoms with Crippen LogP contribution >= 0.6 is 11.6 Å². The molecular formula is C19H25ClN4O3S. The van der Waals surface area contributed by atoms with E-state index in [2.05, 4.69) is 10.4 Å². The van der Waals surface area contributed by atoms with Gasteiger partial charge in [0.15, 0.2) is 9.84 Å². The molecule has 1 saturated heterocycles. The van der Waals surface area contributed by atoms with Crippen molar-refractivity contribution in [2.24, 2.45) is 0 Å². The van der Waals surface area contributed by atoms with E-state index in [4.69, 9.17) is 11.6 Å². The number of aromatic nitrogens is 2. The molecule has 3 rings (SSSR count). The first-order chi connectivity index (χ1) is 13.2. The molecule has 1 aromatic carbocycles. The predicted molar refractivity (Wildman–Crippen MR) is 110 cm³/mol. The topological polar surface area (TPSA) is 84.3 Å². The number of carbonyl (C=O) groups excluding carboxylic acids is 1. The van der Waals surface area contributed by atoms with E-state index < -0.39 is 9.84 Å². The van der Waals surface area contributed by atoms with Gasteiger partial charge in [0.2, 0.25) is 5.91 Å². The van der Waals surface area contributed by atoms with Crippen LogP contribution in [0.15, 0.2) is 24.3 Å². The third-order valence-electron chi connectivity index (χ3n) is 5.02. The highest BCUT2D eigenvalue weighted by Gasteiger charge is 2.31. The van der Waals surface area contributed by atoms with Crippen LogP contribution in [0.2, 0.25) is 5.02 Å². The van der Waals surface area contributed by atoms with Crippen molar-refractivity contribution >= 4 is 33.0 Å². The first-order valence-electron chi connectivity index (χ1n) is 9.14. The number of halogens is 1. The number of nitrogens with one attached hydrogen (secondary N) is 1. The van der Waals surface area contributed by atoms with Crippen LogP contribution in [-0.4, -0.2) is 54.1 Å². The second-order valence-corrected chi connectivity index (χ2v) is 9.99. The van der Waals surface area contributed by atoms with Gasteiger partial charge in [-0.15, -0.1) is 0 Å². The Morgan fingerprint density at radius 3 is 2.71 bits per heavy atom. The standard InChI is InChI=1S/C19H25ClN4O3S/c1-13-16(14(2)24(22-13)15-8-9-28(26,27)12-15)10-23(3)11-19(25)21-18-7-5-4-6-17(18)20/h4-7,15H,8-12H2,1-3H3,(H,21,25)/t15-/m0/s1. The molecular weight excluding hydrogens is 400 g/mol. The number of hydrogen-bond donors (Lipinski definition) is 1. The van der Waals surface area contributed by atoms with Gasteiger partial charge in [-0.2, -0.15) is 5.10 Å². The molecule has 28 heavy (non-hydrogen) atoms. The van der Waals surface area contributed by atoms with Crippen LogP contribution in [0.4, 0.5) is 5.69 Å². The van der Waals surface area contributed by atoms with Crippen molar-refractivity contribution in [3.63, 3.8) is 0 Å². The zero-order chi connectivity index (χ0) is 20.5. The molecule has 1 aromatic heterocycles. The molecule has 1 fully saturated rings. The number of para-hydroxylation sites is 1. The fourth-order valence-corrected chi connectivity index (χ4v) is 5.45. The van der Waals surface area contributed by atoms with Crippen molar-refractivity contribution in [2.75, 3.05) is 30.4 Å². The number of benzene rings is 1. The molecule has 152 valence electrons. The number of likely N-dealkylation sites (N-methyl/N-ethyl adjacent to an activating group) is 1. The zero-order valence-corrected chi connectivity index (χ0v) is 17.8. The van der Waals surface area contributed by atoms with Gasteiger partial charge in [-0.25, -0.2) is 8.42 Å². The lowest BCUT2D eigenvalue weighted by Crippen LogP contribution is -2.30. The van der Waals surface area contributed by atoms with E-state index in [1.165, 1.54) is 0 Å². The van der Waals surface area contributed by atoms with Gasteiger partial charge in [0.1, 0.15) is 0 Å². The number of sulfone groups is 1. The maximum atomic E-state index is 12.3. The van der Waals surface area contributed by atoms with E-state index in [1.807, 2.05) is 42.6 Å². The highest BCUT2D eigenvalue weighted by Crippen LogP contribution is 2.27. The van der Waals surface area contributed by atoms with Gasteiger partial charge < -0.3 is 5.32 Å². The lowest BCUT2D eigenvalue weighted by Gasteiger charge is -2.17. The van der Waals surface area contributed by atoms with E-state index >= 15 is 0 Å². The Labute approximate surface area is 170 Å². The summed E-state index contributed by atoms with van der Waals surface area (Å²) >= 11 is 6.08. The highest BCUT2D eigenvalue weighted by molar-refractivity contribution is 7.91. The Morgan fingerprint density at radius 1 is 1.36 bits per heavy atom. The molecule has 0 radical (unpaired) electrons. The zero-order valence-electron chi connectivity index (χ0n) is 16.3. The second kappa shape index (κ2) is 8.23. The van der Waals surface area contributed by atoms with Gasteiger partial charge >= 0.3 is 0 Å². The summed E-state index contributed by atoms with van der Waals surface area (Å²) < 4.78 is 25.4. The molecule has 0 saturated carbocycles. The lowest BCUT2D eigenvalue weighted by atomic mass is 10.1. The Kier molecular flexibility index (Phi) is 6.12. The van der Waals surface area contributed by atoms with Crippen LogP contribution in [0.5, 0.6) is 0 Å². The van der Waals surface area contributed by atoms with Gasteiger partial charge in [0, 0.05) is 17.8 Å². The average molecular weight is 425 g/mol. The number of amides is 1. The summed E-state index contributed by atoms with van der Waals surface area (Å²) in [6.07, 6.45) is 0.597. The van der Waals surface area contributed by atoms with Crippen LogP contribution in [-0.2, 0) is 21.2 Å². The molecule has 0 spiro atoms. The van der Waals surface area contributed by atoms with Crippen molar-refractivity contribution in [3.8, 4) is 0 Å². The molecule has 1 aliphatic heterocycles. The van der Waals surface area contributed by atoms with E-state index in [0.29, 0.717) is 23.7 Å². The van der Waals surface area contributed by atoms with Crippen molar-refractivity contribution < 1.29 is 13.2 Å². The fourth-order valence-electron chi connectivity index (χ4n) is 3.57. The average Bonchev–Trinajstić information content (AvgIpc) is 3.10. The van der Waals surface area contributed by atoms with Gasteiger partial charge in [0.25, 0.3) is 0 Å². The molecule has 1 N–H and O–H groups in total. The SMILES string of the molecule is Cc1nn([C@H]2CCS(=O)(=O)C2)c(C)c1CN(C)CC(=O)Nc1ccccc1Cl. The summed E-state index contributed by atoms with van der Waals surface area (Å²) in [5.41, 5.74) is 3.43. The summed E-state index contributed by atoms with van der Waals surface area (Å²) in [7, 11) is -1.11.